The first-order valence-corrected chi connectivity index (χ1v) is 7.59. The molecule has 1 aromatic carbocycles. The van der Waals surface area contributed by atoms with Gasteiger partial charge in [0.15, 0.2) is 0 Å². The van der Waals surface area contributed by atoms with E-state index in [2.05, 4.69) is 25.1 Å². The van der Waals surface area contributed by atoms with Crippen LogP contribution in [0, 0.1) is 18.8 Å². The van der Waals surface area contributed by atoms with Gasteiger partial charge in [0, 0.05) is 0 Å². The summed E-state index contributed by atoms with van der Waals surface area (Å²) >= 11 is 0. The van der Waals surface area contributed by atoms with Crippen molar-refractivity contribution in [3.8, 4) is 0 Å². The van der Waals surface area contributed by atoms with Crippen molar-refractivity contribution < 1.29 is 0 Å². The van der Waals surface area contributed by atoms with Gasteiger partial charge in [-0.2, -0.15) is 0 Å². The molecule has 0 bridgehead atoms. The van der Waals surface area contributed by atoms with Gasteiger partial charge in [0.1, 0.15) is 0 Å². The molecule has 18 heavy (non-hydrogen) atoms. The van der Waals surface area contributed by atoms with Crippen molar-refractivity contribution in [2.75, 3.05) is 6.54 Å². The second-order valence-corrected chi connectivity index (χ2v) is 6.25. The Kier molecular flexibility index (Phi) is 3.43. The quantitative estimate of drug-likeness (QED) is 0.840. The first-order chi connectivity index (χ1) is 8.81. The number of aryl methyl sites for hydroxylation is 1. The first kappa shape index (κ1) is 12.2. The van der Waals surface area contributed by atoms with E-state index in [1.807, 2.05) is 0 Å². The molecule has 2 N–H and O–H groups in total. The smallest absolute Gasteiger partial charge is 0.00428 e. The molecular formula is C17H25N. The van der Waals surface area contributed by atoms with Crippen molar-refractivity contribution in [3.63, 3.8) is 0 Å². The Balaban J connectivity index is 2.00. The summed E-state index contributed by atoms with van der Waals surface area (Å²) in [5.41, 5.74) is 10.8. The van der Waals surface area contributed by atoms with E-state index in [1.165, 1.54) is 44.1 Å². The van der Waals surface area contributed by atoms with Gasteiger partial charge in [-0.3, -0.25) is 0 Å². The van der Waals surface area contributed by atoms with Crippen LogP contribution in [0.5, 0.6) is 0 Å². The molecule has 1 aromatic rings. The van der Waals surface area contributed by atoms with Gasteiger partial charge in [0.05, 0.1) is 0 Å². The second-order valence-electron chi connectivity index (χ2n) is 6.25. The molecule has 98 valence electrons. The van der Waals surface area contributed by atoms with Crippen molar-refractivity contribution in [1.29, 1.82) is 0 Å². The molecule has 1 saturated carbocycles. The van der Waals surface area contributed by atoms with Crippen LogP contribution in [0.3, 0.4) is 0 Å². The summed E-state index contributed by atoms with van der Waals surface area (Å²) in [7, 11) is 0. The molecule has 1 heteroatoms. The lowest BCUT2D eigenvalue weighted by atomic mass is 9.68. The summed E-state index contributed by atoms with van der Waals surface area (Å²) in [5, 5.41) is 0. The Morgan fingerprint density at radius 3 is 2.67 bits per heavy atom. The number of rotatable bonds is 2. The zero-order valence-electron chi connectivity index (χ0n) is 11.5. The van der Waals surface area contributed by atoms with Gasteiger partial charge in [-0.05, 0) is 73.6 Å². The lowest BCUT2D eigenvalue weighted by molar-refractivity contribution is 0.285. The third-order valence-corrected chi connectivity index (χ3v) is 5.29. The third kappa shape index (κ3) is 1.99. The highest BCUT2D eigenvalue weighted by Gasteiger charge is 2.36. The van der Waals surface area contributed by atoms with Crippen LogP contribution >= 0.6 is 0 Å². The molecule has 0 aliphatic heterocycles. The van der Waals surface area contributed by atoms with Gasteiger partial charge in [0.2, 0.25) is 0 Å². The minimum atomic E-state index is 0.724. The molecule has 2 unspecified atom stereocenters. The lowest BCUT2D eigenvalue weighted by Gasteiger charge is -2.37. The van der Waals surface area contributed by atoms with Crippen molar-refractivity contribution >= 4 is 0 Å². The maximum absolute atomic E-state index is 6.06. The fourth-order valence-corrected chi connectivity index (χ4v) is 4.36. The number of benzene rings is 1. The van der Waals surface area contributed by atoms with Crippen LogP contribution in [-0.2, 0) is 6.42 Å². The Hall–Kier alpha value is -0.820. The molecule has 1 fully saturated rings. The van der Waals surface area contributed by atoms with Crippen LogP contribution in [0.25, 0.3) is 0 Å². The van der Waals surface area contributed by atoms with Crippen molar-refractivity contribution in [2.24, 2.45) is 17.6 Å². The fraction of sp³-hybridized carbons (Fsp3) is 0.647. The summed E-state index contributed by atoms with van der Waals surface area (Å²) in [6, 6.07) is 6.90. The number of hydrogen-bond acceptors (Lipinski definition) is 1. The fourth-order valence-electron chi connectivity index (χ4n) is 4.36. The molecule has 3 rings (SSSR count). The zero-order chi connectivity index (χ0) is 12.5. The van der Waals surface area contributed by atoms with Crippen LogP contribution in [0.1, 0.15) is 54.7 Å². The standard InChI is InChI=1S/C17H25N/c1-12-5-4-8-16-15(12)10-9-14(11-18)17(16)13-6-2-3-7-13/h4-5,8,13-14,17H,2-3,6-7,9-11,18H2,1H3. The number of fused-ring (bicyclic) bond motifs is 1. The van der Waals surface area contributed by atoms with Crippen LogP contribution in [0.15, 0.2) is 18.2 Å². The molecule has 2 aliphatic rings. The maximum atomic E-state index is 6.06. The molecule has 0 radical (unpaired) electrons. The Bertz CT molecular complexity index is 418. The van der Waals surface area contributed by atoms with E-state index in [0.717, 1.165) is 24.3 Å². The average Bonchev–Trinajstić information content (AvgIpc) is 2.91. The van der Waals surface area contributed by atoms with E-state index in [9.17, 15) is 0 Å². The van der Waals surface area contributed by atoms with Crippen LogP contribution in [0.2, 0.25) is 0 Å². The van der Waals surface area contributed by atoms with Crippen molar-refractivity contribution in [1.82, 2.24) is 0 Å². The monoisotopic (exact) mass is 243 g/mol. The van der Waals surface area contributed by atoms with Gasteiger partial charge >= 0.3 is 0 Å². The third-order valence-electron chi connectivity index (χ3n) is 5.29. The molecule has 0 aromatic heterocycles. The normalized spacial score (nSPS) is 28.3. The highest BCUT2D eigenvalue weighted by molar-refractivity contribution is 5.39. The van der Waals surface area contributed by atoms with Gasteiger partial charge in [-0.1, -0.05) is 31.0 Å². The van der Waals surface area contributed by atoms with E-state index < -0.39 is 0 Å². The zero-order valence-corrected chi connectivity index (χ0v) is 11.5. The van der Waals surface area contributed by atoms with Gasteiger partial charge in [-0.25, -0.2) is 0 Å². The summed E-state index contributed by atoms with van der Waals surface area (Å²) in [4.78, 5) is 0. The van der Waals surface area contributed by atoms with Crippen LogP contribution < -0.4 is 5.73 Å². The molecule has 0 spiro atoms. The predicted molar refractivity (Wildman–Crippen MR) is 76.7 cm³/mol. The summed E-state index contributed by atoms with van der Waals surface area (Å²) in [6.07, 6.45) is 8.25. The highest BCUT2D eigenvalue weighted by Crippen LogP contribution is 2.47. The molecule has 2 atom stereocenters. The second kappa shape index (κ2) is 5.05. The SMILES string of the molecule is Cc1cccc2c1CCC(CN)C2C1CCCC1. The summed E-state index contributed by atoms with van der Waals surface area (Å²) < 4.78 is 0. The van der Waals surface area contributed by atoms with Gasteiger partial charge < -0.3 is 5.73 Å². The average molecular weight is 243 g/mol. The van der Waals surface area contributed by atoms with Gasteiger partial charge in [0.25, 0.3) is 0 Å². The Morgan fingerprint density at radius 1 is 1.17 bits per heavy atom. The summed E-state index contributed by atoms with van der Waals surface area (Å²) in [6.45, 7) is 3.14. The molecule has 0 amide bonds. The lowest BCUT2D eigenvalue weighted by Crippen LogP contribution is -2.31. The van der Waals surface area contributed by atoms with Crippen LogP contribution in [-0.4, -0.2) is 6.54 Å². The molecular weight excluding hydrogens is 218 g/mol. The largest absolute Gasteiger partial charge is 0.330 e. The van der Waals surface area contributed by atoms with E-state index in [4.69, 9.17) is 5.73 Å². The Labute approximate surface area is 111 Å². The maximum Gasteiger partial charge on any atom is -0.00428 e. The van der Waals surface area contributed by atoms with Crippen molar-refractivity contribution in [3.05, 3.63) is 34.9 Å². The number of hydrogen-bond donors (Lipinski definition) is 1. The van der Waals surface area contributed by atoms with E-state index >= 15 is 0 Å². The first-order valence-electron chi connectivity index (χ1n) is 7.59. The van der Waals surface area contributed by atoms with Gasteiger partial charge in [-0.15, -0.1) is 0 Å². The minimum absolute atomic E-state index is 0.724. The van der Waals surface area contributed by atoms with E-state index in [0.29, 0.717) is 0 Å². The molecule has 2 aliphatic carbocycles. The van der Waals surface area contributed by atoms with E-state index in [-0.39, 0.29) is 0 Å². The topological polar surface area (TPSA) is 26.0 Å². The Morgan fingerprint density at radius 2 is 1.94 bits per heavy atom. The highest BCUT2D eigenvalue weighted by atomic mass is 14.6. The molecule has 0 saturated heterocycles. The summed E-state index contributed by atoms with van der Waals surface area (Å²) in [5.74, 6) is 2.38. The minimum Gasteiger partial charge on any atom is -0.330 e. The molecule has 0 heterocycles. The van der Waals surface area contributed by atoms with Crippen LogP contribution in [0.4, 0.5) is 0 Å². The molecule has 1 nitrogen and oxygen atoms in total. The number of nitrogens with two attached hydrogens (primary N) is 1. The van der Waals surface area contributed by atoms with Crippen molar-refractivity contribution in [2.45, 2.75) is 51.4 Å². The van der Waals surface area contributed by atoms with E-state index in [1.54, 1.807) is 11.1 Å². The predicted octanol–water partition coefficient (Wildman–Crippen LogP) is 3.79.